The van der Waals surface area contributed by atoms with Crippen molar-refractivity contribution in [3.63, 3.8) is 0 Å². The van der Waals surface area contributed by atoms with Crippen molar-refractivity contribution in [2.75, 3.05) is 7.11 Å². The van der Waals surface area contributed by atoms with Gasteiger partial charge in [-0.15, -0.1) is 0 Å². The lowest BCUT2D eigenvalue weighted by atomic mass is 10.2. The topological polar surface area (TPSA) is 53.4 Å². The van der Waals surface area contributed by atoms with E-state index in [0.717, 1.165) is 12.2 Å². The Hall–Kier alpha value is -2.30. The third-order valence-electron chi connectivity index (χ3n) is 2.80. The van der Waals surface area contributed by atoms with Gasteiger partial charge >= 0.3 is 5.97 Å². The first-order chi connectivity index (χ1) is 9.24. The molecule has 0 saturated heterocycles. The number of imidazole rings is 1. The zero-order chi connectivity index (χ0) is 13.7. The molecule has 0 unspecified atom stereocenters. The van der Waals surface area contributed by atoms with Crippen LogP contribution in [0.3, 0.4) is 0 Å². The second-order valence-electron chi connectivity index (χ2n) is 3.98. The fraction of sp³-hybridized carbons (Fsp3) is 0.286. The monoisotopic (exact) mass is 260 g/mol. The summed E-state index contributed by atoms with van der Waals surface area (Å²) in [7, 11) is 1.36. The molecule has 0 aliphatic carbocycles. The average molecular weight is 260 g/mol. The summed E-state index contributed by atoms with van der Waals surface area (Å²) in [6, 6.07) is 6.86. The number of benzene rings is 1. The fourth-order valence-corrected chi connectivity index (χ4v) is 1.72. The van der Waals surface area contributed by atoms with Gasteiger partial charge in [-0.05, 0) is 31.2 Å². The van der Waals surface area contributed by atoms with Crippen LogP contribution in [0.2, 0.25) is 0 Å². The minimum Gasteiger partial charge on any atom is -0.487 e. The lowest BCUT2D eigenvalue weighted by Crippen LogP contribution is -2.04. The molecule has 0 amide bonds. The van der Waals surface area contributed by atoms with E-state index in [2.05, 4.69) is 16.6 Å². The number of aromatic nitrogens is 2. The van der Waals surface area contributed by atoms with Gasteiger partial charge in [0.1, 0.15) is 12.4 Å². The summed E-state index contributed by atoms with van der Waals surface area (Å²) in [6.45, 7) is 3.36. The van der Waals surface area contributed by atoms with E-state index in [4.69, 9.17) is 4.74 Å². The third-order valence-corrected chi connectivity index (χ3v) is 2.80. The van der Waals surface area contributed by atoms with Crippen molar-refractivity contribution in [3.8, 4) is 5.75 Å². The average Bonchev–Trinajstić information content (AvgIpc) is 2.92. The second-order valence-corrected chi connectivity index (χ2v) is 3.98. The van der Waals surface area contributed by atoms with Crippen LogP contribution in [0, 0.1) is 0 Å². The Labute approximate surface area is 111 Å². The smallest absolute Gasteiger partial charge is 0.337 e. The Kier molecular flexibility index (Phi) is 4.18. The van der Waals surface area contributed by atoms with Gasteiger partial charge in [0.2, 0.25) is 0 Å². The Morgan fingerprint density at radius 1 is 1.32 bits per heavy atom. The number of hydrogen-bond donors (Lipinski definition) is 0. The summed E-state index contributed by atoms with van der Waals surface area (Å²) in [5, 5.41) is 0. The van der Waals surface area contributed by atoms with E-state index in [-0.39, 0.29) is 5.97 Å². The first-order valence-electron chi connectivity index (χ1n) is 6.04. The van der Waals surface area contributed by atoms with Crippen LogP contribution in [0.5, 0.6) is 5.75 Å². The standard InChI is InChI=1S/C14H16N2O3/c1-3-16-10-15-8-12(16)9-19-13-6-4-11(5-7-13)14(17)18-2/h4-8,10H,3,9H2,1-2H3. The Balaban J connectivity index is 1.98. The van der Waals surface area contributed by atoms with E-state index in [0.29, 0.717) is 17.9 Å². The molecular formula is C14H16N2O3. The van der Waals surface area contributed by atoms with Gasteiger partial charge in [-0.3, -0.25) is 0 Å². The highest BCUT2D eigenvalue weighted by molar-refractivity contribution is 5.89. The predicted octanol–water partition coefficient (Wildman–Crippen LogP) is 2.27. The Morgan fingerprint density at radius 3 is 2.68 bits per heavy atom. The van der Waals surface area contributed by atoms with Gasteiger partial charge in [0.25, 0.3) is 0 Å². The van der Waals surface area contributed by atoms with Crippen molar-refractivity contribution in [1.82, 2.24) is 9.55 Å². The fourth-order valence-electron chi connectivity index (χ4n) is 1.72. The van der Waals surface area contributed by atoms with Gasteiger partial charge in [0.05, 0.1) is 30.9 Å². The van der Waals surface area contributed by atoms with E-state index in [1.54, 1.807) is 36.8 Å². The second kappa shape index (κ2) is 6.04. The molecule has 2 aromatic rings. The van der Waals surface area contributed by atoms with E-state index in [1.807, 2.05) is 4.57 Å². The molecule has 0 bridgehead atoms. The molecule has 0 radical (unpaired) electrons. The summed E-state index contributed by atoms with van der Waals surface area (Å²) in [6.07, 6.45) is 3.56. The Morgan fingerprint density at radius 2 is 2.05 bits per heavy atom. The number of aryl methyl sites for hydroxylation is 1. The van der Waals surface area contributed by atoms with E-state index in [1.165, 1.54) is 7.11 Å². The van der Waals surface area contributed by atoms with Crippen molar-refractivity contribution < 1.29 is 14.3 Å². The van der Waals surface area contributed by atoms with Crippen LogP contribution in [0.15, 0.2) is 36.8 Å². The number of hydrogen-bond acceptors (Lipinski definition) is 4. The van der Waals surface area contributed by atoms with E-state index >= 15 is 0 Å². The van der Waals surface area contributed by atoms with Crippen LogP contribution in [-0.4, -0.2) is 22.6 Å². The van der Waals surface area contributed by atoms with E-state index in [9.17, 15) is 4.79 Å². The van der Waals surface area contributed by atoms with Gasteiger partial charge in [-0.1, -0.05) is 0 Å². The highest BCUT2D eigenvalue weighted by atomic mass is 16.5. The summed E-state index contributed by atoms with van der Waals surface area (Å²) < 4.78 is 12.3. The number of carbonyl (C=O) groups excluding carboxylic acids is 1. The lowest BCUT2D eigenvalue weighted by Gasteiger charge is -2.08. The molecule has 0 saturated carbocycles. The highest BCUT2D eigenvalue weighted by Crippen LogP contribution is 2.14. The molecule has 5 heteroatoms. The molecule has 0 atom stereocenters. The molecule has 1 heterocycles. The number of carbonyl (C=O) groups is 1. The molecule has 1 aromatic heterocycles. The molecule has 2 rings (SSSR count). The largest absolute Gasteiger partial charge is 0.487 e. The van der Waals surface area contributed by atoms with Crippen molar-refractivity contribution in [2.24, 2.45) is 0 Å². The Bertz CT molecular complexity index is 546. The van der Waals surface area contributed by atoms with Gasteiger partial charge in [0.15, 0.2) is 0 Å². The first kappa shape index (κ1) is 13.1. The zero-order valence-corrected chi connectivity index (χ0v) is 11.0. The van der Waals surface area contributed by atoms with Gasteiger partial charge in [0, 0.05) is 6.54 Å². The van der Waals surface area contributed by atoms with Crippen molar-refractivity contribution in [2.45, 2.75) is 20.1 Å². The van der Waals surface area contributed by atoms with Crippen LogP contribution in [0.25, 0.3) is 0 Å². The highest BCUT2D eigenvalue weighted by Gasteiger charge is 2.05. The van der Waals surface area contributed by atoms with Crippen LogP contribution in [0.4, 0.5) is 0 Å². The summed E-state index contributed by atoms with van der Waals surface area (Å²) in [5.74, 6) is 0.354. The minimum absolute atomic E-state index is 0.351. The quantitative estimate of drug-likeness (QED) is 0.774. The molecular weight excluding hydrogens is 244 g/mol. The normalized spacial score (nSPS) is 10.2. The van der Waals surface area contributed by atoms with Crippen LogP contribution >= 0.6 is 0 Å². The molecule has 19 heavy (non-hydrogen) atoms. The third kappa shape index (κ3) is 3.13. The molecule has 5 nitrogen and oxygen atoms in total. The molecule has 100 valence electrons. The maximum absolute atomic E-state index is 11.3. The molecule has 0 aliphatic rings. The lowest BCUT2D eigenvalue weighted by molar-refractivity contribution is 0.0600. The summed E-state index contributed by atoms with van der Waals surface area (Å²) >= 11 is 0. The van der Waals surface area contributed by atoms with Gasteiger partial charge < -0.3 is 14.0 Å². The van der Waals surface area contributed by atoms with Crippen LogP contribution in [-0.2, 0) is 17.9 Å². The summed E-state index contributed by atoms with van der Waals surface area (Å²) in [4.78, 5) is 15.4. The van der Waals surface area contributed by atoms with E-state index < -0.39 is 0 Å². The van der Waals surface area contributed by atoms with Crippen molar-refractivity contribution in [3.05, 3.63) is 48.0 Å². The SMILES string of the molecule is CCn1cncc1COc1ccc(C(=O)OC)cc1. The van der Waals surface area contributed by atoms with Gasteiger partial charge in [-0.2, -0.15) is 0 Å². The first-order valence-corrected chi connectivity index (χ1v) is 6.04. The van der Waals surface area contributed by atoms with Crippen molar-refractivity contribution >= 4 is 5.97 Å². The van der Waals surface area contributed by atoms with Crippen molar-refractivity contribution in [1.29, 1.82) is 0 Å². The van der Waals surface area contributed by atoms with Crippen LogP contribution in [0.1, 0.15) is 23.0 Å². The molecule has 0 N–H and O–H groups in total. The maximum Gasteiger partial charge on any atom is 0.337 e. The minimum atomic E-state index is -0.351. The number of ether oxygens (including phenoxy) is 2. The number of methoxy groups -OCH3 is 1. The van der Waals surface area contributed by atoms with Gasteiger partial charge in [-0.25, -0.2) is 9.78 Å². The molecule has 1 aromatic carbocycles. The number of nitrogens with zero attached hydrogens (tertiary/aromatic N) is 2. The zero-order valence-electron chi connectivity index (χ0n) is 11.0. The predicted molar refractivity (Wildman–Crippen MR) is 70.0 cm³/mol. The maximum atomic E-state index is 11.3. The molecule has 0 aliphatic heterocycles. The van der Waals surface area contributed by atoms with Crippen LogP contribution < -0.4 is 4.74 Å². The molecule has 0 fully saturated rings. The molecule has 0 spiro atoms. The number of rotatable bonds is 5. The number of esters is 1. The summed E-state index contributed by atoms with van der Waals surface area (Å²) in [5.41, 5.74) is 1.52.